The van der Waals surface area contributed by atoms with Gasteiger partial charge < -0.3 is 9.73 Å². The van der Waals surface area contributed by atoms with E-state index in [1.165, 1.54) is 6.39 Å². The van der Waals surface area contributed by atoms with Gasteiger partial charge in [0.15, 0.2) is 6.39 Å². The van der Waals surface area contributed by atoms with E-state index in [9.17, 15) is 4.79 Å². The van der Waals surface area contributed by atoms with Crippen molar-refractivity contribution in [3.05, 3.63) is 18.4 Å². The summed E-state index contributed by atoms with van der Waals surface area (Å²) in [6.45, 7) is 5.88. The van der Waals surface area contributed by atoms with E-state index in [0.29, 0.717) is 12.8 Å². The maximum Gasteiger partial charge on any atom is 0.220 e. The van der Waals surface area contributed by atoms with Crippen LogP contribution in [0.1, 0.15) is 32.9 Å². The summed E-state index contributed by atoms with van der Waals surface area (Å²) in [5.74, 6) is 0.0421. The van der Waals surface area contributed by atoms with Crippen molar-refractivity contribution in [1.82, 2.24) is 10.3 Å². The first-order valence-electron chi connectivity index (χ1n) is 4.65. The molecule has 0 radical (unpaired) electrons. The fraction of sp³-hybridized carbons (Fsp3) is 0.600. The smallest absolute Gasteiger partial charge is 0.220 e. The van der Waals surface area contributed by atoms with Crippen LogP contribution in [-0.2, 0) is 11.2 Å². The minimum absolute atomic E-state index is 0.0421. The molecule has 1 rings (SSSR count). The minimum atomic E-state index is -0.166. The molecule has 1 aromatic rings. The molecule has 0 aliphatic heterocycles. The molecule has 0 aliphatic rings. The summed E-state index contributed by atoms with van der Waals surface area (Å²) in [7, 11) is 0. The first-order chi connectivity index (χ1) is 6.47. The van der Waals surface area contributed by atoms with Gasteiger partial charge in [0.05, 0.1) is 5.69 Å². The van der Waals surface area contributed by atoms with Crippen LogP contribution in [0.5, 0.6) is 0 Å². The van der Waals surface area contributed by atoms with Gasteiger partial charge in [0.2, 0.25) is 5.91 Å². The summed E-state index contributed by atoms with van der Waals surface area (Å²) < 4.78 is 4.80. The summed E-state index contributed by atoms with van der Waals surface area (Å²) in [4.78, 5) is 15.3. The molecule has 0 saturated heterocycles. The molecule has 1 heterocycles. The van der Waals surface area contributed by atoms with Crippen LogP contribution >= 0.6 is 0 Å². The van der Waals surface area contributed by atoms with Crippen LogP contribution < -0.4 is 5.32 Å². The number of hydrogen-bond acceptors (Lipinski definition) is 3. The van der Waals surface area contributed by atoms with E-state index in [4.69, 9.17) is 4.42 Å². The van der Waals surface area contributed by atoms with E-state index in [0.717, 1.165) is 5.69 Å². The molecule has 0 atom stereocenters. The Balaban J connectivity index is 2.29. The van der Waals surface area contributed by atoms with Crippen LogP contribution in [0.15, 0.2) is 17.1 Å². The molecule has 0 unspecified atom stereocenters. The second-order valence-electron chi connectivity index (χ2n) is 4.28. The van der Waals surface area contributed by atoms with Gasteiger partial charge in [0.1, 0.15) is 6.26 Å². The zero-order valence-corrected chi connectivity index (χ0v) is 8.83. The number of aryl methyl sites for hydroxylation is 1. The number of carbonyl (C=O) groups excluding carboxylic acids is 1. The van der Waals surface area contributed by atoms with E-state index >= 15 is 0 Å². The fourth-order valence-electron chi connectivity index (χ4n) is 1.08. The first kappa shape index (κ1) is 10.8. The predicted octanol–water partition coefficient (Wildman–Crippen LogP) is 1.52. The summed E-state index contributed by atoms with van der Waals surface area (Å²) in [5, 5.41) is 2.88. The number of rotatable bonds is 3. The molecular weight excluding hydrogens is 180 g/mol. The summed E-state index contributed by atoms with van der Waals surface area (Å²) >= 11 is 0. The van der Waals surface area contributed by atoms with Crippen molar-refractivity contribution in [3.8, 4) is 0 Å². The van der Waals surface area contributed by atoms with Gasteiger partial charge in [-0.3, -0.25) is 4.79 Å². The third-order valence-electron chi connectivity index (χ3n) is 1.61. The lowest BCUT2D eigenvalue weighted by Crippen LogP contribution is -2.40. The topological polar surface area (TPSA) is 55.1 Å². The number of amides is 1. The SMILES string of the molecule is CC(C)(C)NC(=O)CCc1cocn1. The zero-order valence-electron chi connectivity index (χ0n) is 8.83. The Labute approximate surface area is 83.7 Å². The summed E-state index contributed by atoms with van der Waals surface area (Å²) in [5.41, 5.74) is 0.648. The maximum atomic E-state index is 11.4. The standard InChI is InChI=1S/C10H16N2O2/c1-10(2,3)12-9(13)5-4-8-6-14-7-11-8/h6-7H,4-5H2,1-3H3,(H,12,13). The lowest BCUT2D eigenvalue weighted by atomic mass is 10.1. The predicted molar refractivity (Wildman–Crippen MR) is 52.7 cm³/mol. The molecule has 0 aliphatic carbocycles. The molecule has 1 aromatic heterocycles. The Morgan fingerprint density at radius 1 is 1.57 bits per heavy atom. The highest BCUT2D eigenvalue weighted by atomic mass is 16.3. The van der Waals surface area contributed by atoms with E-state index in [1.807, 2.05) is 20.8 Å². The van der Waals surface area contributed by atoms with Crippen molar-refractivity contribution in [3.63, 3.8) is 0 Å². The van der Waals surface area contributed by atoms with E-state index < -0.39 is 0 Å². The van der Waals surface area contributed by atoms with E-state index in [1.54, 1.807) is 6.26 Å². The third-order valence-corrected chi connectivity index (χ3v) is 1.61. The molecule has 4 heteroatoms. The zero-order chi connectivity index (χ0) is 10.6. The molecule has 0 aromatic carbocycles. The lowest BCUT2D eigenvalue weighted by Gasteiger charge is -2.20. The second-order valence-corrected chi connectivity index (χ2v) is 4.28. The van der Waals surface area contributed by atoms with Crippen LogP contribution in [-0.4, -0.2) is 16.4 Å². The third kappa shape index (κ3) is 4.07. The second kappa shape index (κ2) is 4.26. The monoisotopic (exact) mass is 196 g/mol. The van der Waals surface area contributed by atoms with Crippen LogP contribution in [0.25, 0.3) is 0 Å². The largest absolute Gasteiger partial charge is 0.451 e. The van der Waals surface area contributed by atoms with Gasteiger partial charge in [-0.25, -0.2) is 4.98 Å². The number of nitrogens with one attached hydrogen (secondary N) is 1. The van der Waals surface area contributed by atoms with Crippen molar-refractivity contribution in [1.29, 1.82) is 0 Å². The molecule has 0 saturated carbocycles. The van der Waals surface area contributed by atoms with Crippen molar-refractivity contribution in [2.75, 3.05) is 0 Å². The molecule has 0 bridgehead atoms. The lowest BCUT2D eigenvalue weighted by molar-refractivity contribution is -0.122. The van der Waals surface area contributed by atoms with Crippen molar-refractivity contribution in [2.45, 2.75) is 39.2 Å². The maximum absolute atomic E-state index is 11.4. The van der Waals surface area contributed by atoms with Crippen LogP contribution in [0.2, 0.25) is 0 Å². The summed E-state index contributed by atoms with van der Waals surface area (Å²) in [6.07, 6.45) is 4.00. The number of hydrogen-bond donors (Lipinski definition) is 1. The van der Waals surface area contributed by atoms with Crippen LogP contribution in [0.3, 0.4) is 0 Å². The molecule has 0 spiro atoms. The number of aromatic nitrogens is 1. The normalized spacial score (nSPS) is 11.4. The Bertz CT molecular complexity index is 286. The quantitative estimate of drug-likeness (QED) is 0.797. The van der Waals surface area contributed by atoms with Crippen molar-refractivity contribution in [2.24, 2.45) is 0 Å². The van der Waals surface area contributed by atoms with Gasteiger partial charge in [-0.2, -0.15) is 0 Å². The van der Waals surface area contributed by atoms with Gasteiger partial charge in [0, 0.05) is 18.4 Å². The molecule has 14 heavy (non-hydrogen) atoms. The number of oxazole rings is 1. The van der Waals surface area contributed by atoms with Crippen LogP contribution in [0.4, 0.5) is 0 Å². The number of carbonyl (C=O) groups is 1. The van der Waals surface area contributed by atoms with E-state index in [-0.39, 0.29) is 11.4 Å². The van der Waals surface area contributed by atoms with Gasteiger partial charge in [-0.15, -0.1) is 0 Å². The van der Waals surface area contributed by atoms with Crippen LogP contribution in [0, 0.1) is 0 Å². The minimum Gasteiger partial charge on any atom is -0.451 e. The molecule has 1 amide bonds. The van der Waals surface area contributed by atoms with Crippen molar-refractivity contribution >= 4 is 5.91 Å². The van der Waals surface area contributed by atoms with Gasteiger partial charge in [-0.05, 0) is 20.8 Å². The average Bonchev–Trinajstić information content (AvgIpc) is 2.49. The van der Waals surface area contributed by atoms with Crippen molar-refractivity contribution < 1.29 is 9.21 Å². The molecule has 0 fully saturated rings. The van der Waals surface area contributed by atoms with Gasteiger partial charge in [-0.1, -0.05) is 0 Å². The Morgan fingerprint density at radius 3 is 2.79 bits per heavy atom. The molecule has 78 valence electrons. The Kier molecular flexibility index (Phi) is 3.28. The summed E-state index contributed by atoms with van der Waals surface area (Å²) in [6, 6.07) is 0. The molecule has 1 N–H and O–H groups in total. The van der Waals surface area contributed by atoms with Gasteiger partial charge >= 0.3 is 0 Å². The highest BCUT2D eigenvalue weighted by Gasteiger charge is 2.13. The molecular formula is C10H16N2O2. The van der Waals surface area contributed by atoms with E-state index in [2.05, 4.69) is 10.3 Å². The first-order valence-corrected chi connectivity index (χ1v) is 4.65. The van der Waals surface area contributed by atoms with Gasteiger partial charge in [0.25, 0.3) is 0 Å². The highest BCUT2D eigenvalue weighted by molar-refractivity contribution is 5.76. The molecule has 4 nitrogen and oxygen atoms in total. The Hall–Kier alpha value is -1.32. The fourth-order valence-corrected chi connectivity index (χ4v) is 1.08. The Morgan fingerprint density at radius 2 is 2.29 bits per heavy atom. The highest BCUT2D eigenvalue weighted by Crippen LogP contribution is 2.02. The number of nitrogens with zero attached hydrogens (tertiary/aromatic N) is 1. The average molecular weight is 196 g/mol.